The fourth-order valence-corrected chi connectivity index (χ4v) is 3.04. The van der Waals surface area contributed by atoms with Gasteiger partial charge in [0.05, 0.1) is 6.54 Å². The summed E-state index contributed by atoms with van der Waals surface area (Å²) in [5.41, 5.74) is 1.63. The molecule has 0 spiro atoms. The van der Waals surface area contributed by atoms with Crippen LogP contribution in [0.15, 0.2) is 35.3 Å². The molecule has 4 nitrogen and oxygen atoms in total. The van der Waals surface area contributed by atoms with Crippen molar-refractivity contribution >= 4 is 41.3 Å². The quantitative estimate of drug-likeness (QED) is 0.364. The van der Waals surface area contributed by atoms with E-state index in [4.69, 9.17) is 0 Å². The molecular formula is C17H22F2IN3OS. The highest BCUT2D eigenvalue weighted by atomic mass is 127. The third kappa shape index (κ3) is 7.15. The summed E-state index contributed by atoms with van der Waals surface area (Å²) in [5, 5.41) is 6.33. The maximum Gasteiger partial charge on any atom is 0.387 e. The molecule has 0 atom stereocenters. The number of rotatable bonds is 6. The van der Waals surface area contributed by atoms with E-state index in [2.05, 4.69) is 39.4 Å². The Morgan fingerprint density at radius 3 is 2.48 bits per heavy atom. The molecule has 138 valence electrons. The number of hydrogen-bond acceptors (Lipinski definition) is 3. The lowest BCUT2D eigenvalue weighted by Crippen LogP contribution is -2.36. The van der Waals surface area contributed by atoms with Crippen LogP contribution in [0, 0.1) is 13.8 Å². The Bertz CT molecular complexity index is 707. The fourth-order valence-electron chi connectivity index (χ4n) is 2.21. The van der Waals surface area contributed by atoms with Gasteiger partial charge in [0.25, 0.3) is 0 Å². The van der Waals surface area contributed by atoms with Crippen LogP contribution in [0.3, 0.4) is 0 Å². The average molecular weight is 481 g/mol. The molecule has 0 unspecified atom stereocenters. The summed E-state index contributed by atoms with van der Waals surface area (Å²) in [4.78, 5) is 6.60. The van der Waals surface area contributed by atoms with E-state index in [0.717, 1.165) is 5.56 Å². The molecular weight excluding hydrogens is 459 g/mol. The first-order valence-corrected chi connectivity index (χ1v) is 8.33. The highest BCUT2D eigenvalue weighted by Crippen LogP contribution is 2.22. The van der Waals surface area contributed by atoms with E-state index in [1.165, 1.54) is 9.75 Å². The summed E-state index contributed by atoms with van der Waals surface area (Å²) in [6, 6.07) is 9.26. The topological polar surface area (TPSA) is 45.7 Å². The van der Waals surface area contributed by atoms with Gasteiger partial charge in [-0.1, -0.05) is 17.7 Å². The zero-order chi connectivity index (χ0) is 17.5. The Kier molecular flexibility index (Phi) is 9.12. The molecule has 1 aromatic carbocycles. The number of hydrogen-bond donors (Lipinski definition) is 2. The van der Waals surface area contributed by atoms with Crippen LogP contribution in [0.1, 0.15) is 20.9 Å². The number of nitrogens with zero attached hydrogens (tertiary/aromatic N) is 1. The maximum absolute atomic E-state index is 12.5. The van der Waals surface area contributed by atoms with Crippen LogP contribution >= 0.6 is 35.3 Å². The maximum atomic E-state index is 12.5. The number of ether oxygens (including phenoxy) is 1. The molecule has 0 saturated carbocycles. The molecule has 0 saturated heterocycles. The van der Waals surface area contributed by atoms with E-state index < -0.39 is 6.61 Å². The number of benzene rings is 1. The molecule has 0 aliphatic carbocycles. The first kappa shape index (κ1) is 21.6. The number of alkyl halides is 2. The van der Waals surface area contributed by atoms with E-state index in [-0.39, 0.29) is 29.7 Å². The number of aliphatic imine (C=N–C) groups is 1. The van der Waals surface area contributed by atoms with Gasteiger partial charge in [-0.2, -0.15) is 8.78 Å². The van der Waals surface area contributed by atoms with Crippen molar-refractivity contribution in [3.05, 3.63) is 51.2 Å². The predicted octanol–water partition coefficient (Wildman–Crippen LogP) is 4.45. The average Bonchev–Trinajstić information content (AvgIpc) is 2.95. The van der Waals surface area contributed by atoms with Crippen LogP contribution < -0.4 is 15.4 Å². The molecule has 8 heteroatoms. The van der Waals surface area contributed by atoms with Gasteiger partial charge in [0.1, 0.15) is 5.75 Å². The largest absolute Gasteiger partial charge is 0.434 e. The Morgan fingerprint density at radius 2 is 1.88 bits per heavy atom. The van der Waals surface area contributed by atoms with Gasteiger partial charge in [0.15, 0.2) is 5.96 Å². The molecule has 1 aromatic heterocycles. The van der Waals surface area contributed by atoms with Crippen molar-refractivity contribution in [2.75, 3.05) is 7.05 Å². The summed E-state index contributed by atoms with van der Waals surface area (Å²) >= 11 is 1.72. The van der Waals surface area contributed by atoms with E-state index in [1.54, 1.807) is 30.5 Å². The lowest BCUT2D eigenvalue weighted by Gasteiger charge is -2.15. The highest BCUT2D eigenvalue weighted by Gasteiger charge is 2.10. The molecule has 0 aliphatic heterocycles. The third-order valence-electron chi connectivity index (χ3n) is 3.33. The van der Waals surface area contributed by atoms with Crippen molar-refractivity contribution in [2.24, 2.45) is 4.99 Å². The summed E-state index contributed by atoms with van der Waals surface area (Å²) in [7, 11) is 1.67. The van der Waals surface area contributed by atoms with E-state index >= 15 is 0 Å². The summed E-state index contributed by atoms with van der Waals surface area (Å²) in [5.74, 6) is 0.776. The van der Waals surface area contributed by atoms with Gasteiger partial charge in [0.2, 0.25) is 0 Å². The van der Waals surface area contributed by atoms with Crippen LogP contribution in [0.2, 0.25) is 0 Å². The Balaban J connectivity index is 0.00000312. The third-order valence-corrected chi connectivity index (χ3v) is 4.33. The van der Waals surface area contributed by atoms with Gasteiger partial charge in [0, 0.05) is 28.9 Å². The fraction of sp³-hybridized carbons (Fsp3) is 0.353. The number of halogens is 3. The lowest BCUT2D eigenvalue weighted by atomic mass is 10.1. The minimum absolute atomic E-state index is 0. The first-order valence-electron chi connectivity index (χ1n) is 7.52. The van der Waals surface area contributed by atoms with Gasteiger partial charge in [-0.3, -0.25) is 4.99 Å². The second kappa shape index (κ2) is 10.5. The van der Waals surface area contributed by atoms with Gasteiger partial charge in [-0.05, 0) is 32.0 Å². The molecule has 0 radical (unpaired) electrons. The smallest absolute Gasteiger partial charge is 0.387 e. The summed E-state index contributed by atoms with van der Waals surface area (Å²) in [6.07, 6.45) is 0. The second-order valence-corrected chi connectivity index (χ2v) is 6.65. The summed E-state index contributed by atoms with van der Waals surface area (Å²) < 4.78 is 29.6. The predicted molar refractivity (Wildman–Crippen MR) is 109 cm³/mol. The minimum atomic E-state index is -2.84. The van der Waals surface area contributed by atoms with Crippen molar-refractivity contribution in [1.82, 2.24) is 10.6 Å². The van der Waals surface area contributed by atoms with E-state index in [0.29, 0.717) is 24.6 Å². The van der Waals surface area contributed by atoms with Crippen molar-refractivity contribution in [3.63, 3.8) is 0 Å². The van der Waals surface area contributed by atoms with Crippen LogP contribution in [-0.2, 0) is 13.1 Å². The Hall–Kier alpha value is -1.42. The van der Waals surface area contributed by atoms with Crippen LogP contribution in [0.25, 0.3) is 0 Å². The zero-order valence-corrected chi connectivity index (χ0v) is 17.5. The Labute approximate surface area is 167 Å². The molecule has 2 rings (SSSR count). The number of guanidine groups is 1. The molecule has 1 heterocycles. The summed E-state index contributed by atoms with van der Waals surface area (Å²) in [6.45, 7) is 2.12. The molecule has 0 fully saturated rings. The molecule has 25 heavy (non-hydrogen) atoms. The van der Waals surface area contributed by atoms with Crippen molar-refractivity contribution < 1.29 is 13.5 Å². The van der Waals surface area contributed by atoms with Crippen LogP contribution in [-0.4, -0.2) is 19.6 Å². The number of aryl methyl sites for hydroxylation is 2. The van der Waals surface area contributed by atoms with Crippen LogP contribution in [0.5, 0.6) is 5.75 Å². The monoisotopic (exact) mass is 481 g/mol. The zero-order valence-electron chi connectivity index (χ0n) is 14.3. The van der Waals surface area contributed by atoms with Crippen molar-refractivity contribution in [3.8, 4) is 5.75 Å². The van der Waals surface area contributed by atoms with Gasteiger partial charge < -0.3 is 15.4 Å². The number of thiophene rings is 1. The normalized spacial score (nSPS) is 11.2. The molecule has 0 amide bonds. The molecule has 2 aromatic rings. The van der Waals surface area contributed by atoms with E-state index in [9.17, 15) is 8.78 Å². The second-order valence-electron chi connectivity index (χ2n) is 5.28. The Morgan fingerprint density at radius 1 is 1.16 bits per heavy atom. The van der Waals surface area contributed by atoms with Crippen molar-refractivity contribution in [2.45, 2.75) is 33.5 Å². The molecule has 0 aliphatic rings. The minimum Gasteiger partial charge on any atom is -0.434 e. The molecule has 0 bridgehead atoms. The van der Waals surface area contributed by atoms with Crippen molar-refractivity contribution in [1.29, 1.82) is 0 Å². The van der Waals surface area contributed by atoms with Gasteiger partial charge in [-0.25, -0.2) is 0 Å². The van der Waals surface area contributed by atoms with Gasteiger partial charge >= 0.3 is 6.61 Å². The SMILES string of the molecule is CN=C(NCc1ccc(C)s1)NCc1cc(C)ccc1OC(F)F.I. The van der Waals surface area contributed by atoms with Crippen LogP contribution in [0.4, 0.5) is 8.78 Å². The van der Waals surface area contributed by atoms with Gasteiger partial charge in [-0.15, -0.1) is 35.3 Å². The number of nitrogens with one attached hydrogen (secondary N) is 2. The standard InChI is InChI=1S/C17H21F2N3OS.HI/c1-11-4-7-15(23-16(18)19)13(8-11)9-21-17(20-3)22-10-14-6-5-12(2)24-14;/h4-8,16H,9-10H2,1-3H3,(H2,20,21,22);1H. The highest BCUT2D eigenvalue weighted by molar-refractivity contribution is 14.0. The lowest BCUT2D eigenvalue weighted by molar-refractivity contribution is -0.0504. The molecule has 2 N–H and O–H groups in total. The first-order chi connectivity index (χ1) is 11.5. The van der Waals surface area contributed by atoms with E-state index in [1.807, 2.05) is 13.0 Å².